The van der Waals surface area contributed by atoms with E-state index in [0.717, 1.165) is 22.3 Å². The quantitative estimate of drug-likeness (QED) is 0.534. The van der Waals surface area contributed by atoms with Gasteiger partial charge in [-0.1, -0.05) is 48.5 Å². The molecular formula is C22H19FN2O. The molecule has 0 aliphatic carbocycles. The lowest BCUT2D eigenvalue weighted by molar-refractivity contribution is -0.117. The Labute approximate surface area is 152 Å². The number of nitrogens with zero attached hydrogens (tertiary/aromatic N) is 1. The summed E-state index contributed by atoms with van der Waals surface area (Å²) >= 11 is 0. The molecule has 1 unspecified atom stereocenters. The third-order valence-corrected chi connectivity index (χ3v) is 4.03. The summed E-state index contributed by atoms with van der Waals surface area (Å²) in [6.45, 7) is 1.93. The zero-order chi connectivity index (χ0) is 18.4. The summed E-state index contributed by atoms with van der Waals surface area (Å²) in [7, 11) is 0. The van der Waals surface area contributed by atoms with E-state index in [2.05, 4.69) is 10.3 Å². The van der Waals surface area contributed by atoms with E-state index in [1.807, 2.05) is 61.5 Å². The van der Waals surface area contributed by atoms with Gasteiger partial charge in [0.1, 0.15) is 0 Å². The molecule has 1 heterocycles. The van der Waals surface area contributed by atoms with Crippen molar-refractivity contribution in [3.8, 4) is 11.1 Å². The Kier molecular flexibility index (Phi) is 5.54. The zero-order valence-electron chi connectivity index (χ0n) is 14.4. The van der Waals surface area contributed by atoms with Crippen LogP contribution in [0.3, 0.4) is 0 Å². The van der Waals surface area contributed by atoms with Gasteiger partial charge < -0.3 is 5.32 Å². The highest BCUT2D eigenvalue weighted by Crippen LogP contribution is 2.22. The van der Waals surface area contributed by atoms with Crippen molar-refractivity contribution < 1.29 is 9.18 Å². The molecule has 0 fully saturated rings. The maximum Gasteiger partial charge on any atom is 0.244 e. The number of rotatable bonds is 5. The van der Waals surface area contributed by atoms with Crippen LogP contribution in [0.4, 0.5) is 4.39 Å². The molecule has 3 aromatic rings. The van der Waals surface area contributed by atoms with E-state index in [4.69, 9.17) is 0 Å². The number of hydrogen-bond acceptors (Lipinski definition) is 2. The van der Waals surface area contributed by atoms with Crippen molar-refractivity contribution in [2.45, 2.75) is 13.0 Å². The minimum Gasteiger partial charge on any atom is -0.346 e. The van der Waals surface area contributed by atoms with Gasteiger partial charge in [0.25, 0.3) is 0 Å². The number of nitrogens with one attached hydrogen (secondary N) is 1. The van der Waals surface area contributed by atoms with Crippen LogP contribution in [-0.2, 0) is 4.79 Å². The molecule has 26 heavy (non-hydrogen) atoms. The molecule has 0 aliphatic rings. The molecule has 1 aromatic heterocycles. The molecule has 3 rings (SSSR count). The van der Waals surface area contributed by atoms with Crippen LogP contribution >= 0.6 is 0 Å². The van der Waals surface area contributed by atoms with Gasteiger partial charge in [0.05, 0.1) is 6.04 Å². The summed E-state index contributed by atoms with van der Waals surface area (Å²) in [6, 6.07) is 20.3. The standard InChI is InChI=1S/C22H19FN2O/c1-16(25-22(26)13-10-17-6-3-2-4-7-17)18-8-5-9-19(14-18)20-11-12-21(23)24-15-20/h2-16H,1H3,(H,25,26)/b13-10+. The zero-order valence-corrected chi connectivity index (χ0v) is 14.4. The first kappa shape index (κ1) is 17.5. The number of halogens is 1. The maximum absolute atomic E-state index is 13.0. The van der Waals surface area contributed by atoms with Crippen molar-refractivity contribution in [2.24, 2.45) is 0 Å². The Morgan fingerprint density at radius 1 is 1.04 bits per heavy atom. The van der Waals surface area contributed by atoms with Crippen molar-refractivity contribution in [1.82, 2.24) is 10.3 Å². The molecule has 0 radical (unpaired) electrons. The van der Waals surface area contributed by atoms with Gasteiger partial charge in [-0.15, -0.1) is 0 Å². The minimum absolute atomic E-state index is 0.156. The summed E-state index contributed by atoms with van der Waals surface area (Å²) in [4.78, 5) is 15.8. The predicted octanol–water partition coefficient (Wildman–Crippen LogP) is 4.78. The van der Waals surface area contributed by atoms with Gasteiger partial charge in [-0.3, -0.25) is 4.79 Å². The highest BCUT2D eigenvalue weighted by Gasteiger charge is 2.09. The van der Waals surface area contributed by atoms with Gasteiger partial charge in [0, 0.05) is 17.8 Å². The summed E-state index contributed by atoms with van der Waals surface area (Å²) in [5.74, 6) is -0.661. The molecule has 0 saturated carbocycles. The second-order valence-corrected chi connectivity index (χ2v) is 5.97. The molecule has 130 valence electrons. The van der Waals surface area contributed by atoms with E-state index in [-0.39, 0.29) is 11.9 Å². The molecule has 0 saturated heterocycles. The third-order valence-electron chi connectivity index (χ3n) is 4.03. The molecule has 0 aliphatic heterocycles. The molecule has 1 N–H and O–H groups in total. The molecule has 0 bridgehead atoms. The smallest absolute Gasteiger partial charge is 0.244 e. The maximum atomic E-state index is 13.0. The van der Waals surface area contributed by atoms with E-state index < -0.39 is 5.95 Å². The van der Waals surface area contributed by atoms with Crippen molar-refractivity contribution >= 4 is 12.0 Å². The molecule has 3 nitrogen and oxygen atoms in total. The fourth-order valence-electron chi connectivity index (χ4n) is 2.62. The van der Waals surface area contributed by atoms with E-state index in [1.165, 1.54) is 18.3 Å². The lowest BCUT2D eigenvalue weighted by Crippen LogP contribution is -2.24. The molecule has 1 atom stereocenters. The van der Waals surface area contributed by atoms with Crippen LogP contribution < -0.4 is 5.32 Å². The van der Waals surface area contributed by atoms with Crippen LogP contribution in [0.1, 0.15) is 24.1 Å². The highest BCUT2D eigenvalue weighted by atomic mass is 19.1. The van der Waals surface area contributed by atoms with Crippen LogP contribution in [-0.4, -0.2) is 10.9 Å². The van der Waals surface area contributed by atoms with Crippen molar-refractivity contribution in [3.63, 3.8) is 0 Å². The number of carbonyl (C=O) groups is 1. The second kappa shape index (κ2) is 8.21. The molecule has 4 heteroatoms. The average molecular weight is 346 g/mol. The fourth-order valence-corrected chi connectivity index (χ4v) is 2.62. The Balaban J connectivity index is 1.69. The predicted molar refractivity (Wildman–Crippen MR) is 102 cm³/mol. The van der Waals surface area contributed by atoms with Crippen LogP contribution in [0.25, 0.3) is 17.2 Å². The molecule has 2 aromatic carbocycles. The van der Waals surface area contributed by atoms with Crippen LogP contribution in [0.2, 0.25) is 0 Å². The lowest BCUT2D eigenvalue weighted by atomic mass is 10.0. The minimum atomic E-state index is -0.504. The van der Waals surface area contributed by atoms with Crippen LogP contribution in [0, 0.1) is 5.95 Å². The topological polar surface area (TPSA) is 42.0 Å². The Hall–Kier alpha value is -3.27. The number of carbonyl (C=O) groups excluding carboxylic acids is 1. The van der Waals surface area contributed by atoms with Gasteiger partial charge in [-0.2, -0.15) is 4.39 Å². The first-order valence-electron chi connectivity index (χ1n) is 8.37. The molecular weight excluding hydrogens is 327 g/mol. The van der Waals surface area contributed by atoms with E-state index >= 15 is 0 Å². The van der Waals surface area contributed by atoms with E-state index in [1.54, 1.807) is 12.1 Å². The Morgan fingerprint density at radius 3 is 2.58 bits per heavy atom. The first-order valence-corrected chi connectivity index (χ1v) is 8.37. The number of hydrogen-bond donors (Lipinski definition) is 1. The second-order valence-electron chi connectivity index (χ2n) is 5.97. The normalized spacial score (nSPS) is 12.1. The number of benzene rings is 2. The molecule has 1 amide bonds. The lowest BCUT2D eigenvalue weighted by Gasteiger charge is -2.14. The van der Waals surface area contributed by atoms with Gasteiger partial charge in [-0.05, 0) is 47.9 Å². The first-order chi connectivity index (χ1) is 12.6. The highest BCUT2D eigenvalue weighted by molar-refractivity contribution is 5.92. The summed E-state index contributed by atoms with van der Waals surface area (Å²) in [6.07, 6.45) is 4.81. The summed E-state index contributed by atoms with van der Waals surface area (Å²) in [5, 5.41) is 2.95. The Bertz CT molecular complexity index is 905. The van der Waals surface area contributed by atoms with Gasteiger partial charge in [0.2, 0.25) is 11.9 Å². The van der Waals surface area contributed by atoms with E-state index in [0.29, 0.717) is 0 Å². The SMILES string of the molecule is CC(NC(=O)/C=C/c1ccccc1)c1cccc(-c2ccc(F)nc2)c1. The van der Waals surface area contributed by atoms with Gasteiger partial charge in [0.15, 0.2) is 0 Å². The summed E-state index contributed by atoms with van der Waals surface area (Å²) in [5.41, 5.74) is 3.70. The van der Waals surface area contributed by atoms with E-state index in [9.17, 15) is 9.18 Å². The number of pyridine rings is 1. The van der Waals surface area contributed by atoms with Gasteiger partial charge in [-0.25, -0.2) is 4.98 Å². The molecule has 0 spiro atoms. The number of aromatic nitrogens is 1. The third kappa shape index (κ3) is 4.63. The fraction of sp³-hybridized carbons (Fsp3) is 0.0909. The number of amides is 1. The summed E-state index contributed by atoms with van der Waals surface area (Å²) < 4.78 is 13.0. The monoisotopic (exact) mass is 346 g/mol. The van der Waals surface area contributed by atoms with Gasteiger partial charge >= 0.3 is 0 Å². The van der Waals surface area contributed by atoms with Crippen molar-refractivity contribution in [2.75, 3.05) is 0 Å². The van der Waals surface area contributed by atoms with Crippen LogP contribution in [0.5, 0.6) is 0 Å². The van der Waals surface area contributed by atoms with Crippen molar-refractivity contribution in [1.29, 1.82) is 0 Å². The Morgan fingerprint density at radius 2 is 1.85 bits per heavy atom. The van der Waals surface area contributed by atoms with Crippen molar-refractivity contribution in [3.05, 3.63) is 96.1 Å². The average Bonchev–Trinajstić information content (AvgIpc) is 2.68. The largest absolute Gasteiger partial charge is 0.346 e. The van der Waals surface area contributed by atoms with Crippen LogP contribution in [0.15, 0.2) is 79.0 Å².